The molecule has 0 saturated carbocycles. The van der Waals surface area contributed by atoms with Crippen molar-refractivity contribution >= 4 is 6.21 Å². The first-order chi connectivity index (χ1) is 9.42. The number of nitrogens with one attached hydrogen (secondary N) is 2. The molecule has 0 aliphatic carbocycles. The lowest BCUT2D eigenvalue weighted by molar-refractivity contribution is 0.0173. The van der Waals surface area contributed by atoms with Crippen LogP contribution in [0.4, 0.5) is 8.78 Å². The number of alkyl halides is 2. The smallest absolute Gasteiger partial charge is 0.270 e. The van der Waals surface area contributed by atoms with E-state index in [4.69, 9.17) is 10.1 Å². The van der Waals surface area contributed by atoms with E-state index in [9.17, 15) is 8.78 Å². The van der Waals surface area contributed by atoms with Crippen LogP contribution in [0.2, 0.25) is 0 Å². The zero-order chi connectivity index (χ0) is 15.2. The second-order valence-electron chi connectivity index (χ2n) is 4.50. The summed E-state index contributed by atoms with van der Waals surface area (Å²) >= 11 is 0. The highest BCUT2D eigenvalue weighted by molar-refractivity contribution is 5.73. The van der Waals surface area contributed by atoms with Crippen molar-refractivity contribution in [3.05, 3.63) is 41.2 Å². The Hall–Kier alpha value is -1.75. The fourth-order valence-corrected chi connectivity index (χ4v) is 1.71. The molecule has 1 rings (SSSR count). The summed E-state index contributed by atoms with van der Waals surface area (Å²) in [6.07, 6.45) is 3.31. The molecule has 0 atom stereocenters. The van der Waals surface area contributed by atoms with Crippen LogP contribution in [-0.2, 0) is 12.3 Å². The van der Waals surface area contributed by atoms with Gasteiger partial charge in [-0.05, 0) is 56.8 Å². The highest BCUT2D eigenvalue weighted by atomic mass is 19.3. The topological polar surface area (TPSA) is 45.1 Å². The lowest BCUT2D eigenvalue weighted by Crippen LogP contribution is -2.13. The van der Waals surface area contributed by atoms with E-state index < -0.39 is 5.92 Å². The van der Waals surface area contributed by atoms with Gasteiger partial charge in [0.25, 0.3) is 5.92 Å². The lowest BCUT2D eigenvalue weighted by atomic mass is 10.0. The number of rotatable bonds is 7. The van der Waals surface area contributed by atoms with E-state index in [0.717, 1.165) is 13.1 Å². The molecule has 0 heterocycles. The van der Waals surface area contributed by atoms with Gasteiger partial charge < -0.3 is 15.5 Å². The Morgan fingerprint density at radius 3 is 2.65 bits per heavy atom. The zero-order valence-electron chi connectivity index (χ0n) is 12.0. The van der Waals surface area contributed by atoms with Gasteiger partial charge in [-0.3, -0.25) is 0 Å². The molecule has 3 nitrogen and oxygen atoms in total. The number of likely N-dealkylation sites (N-methyl/N-ethyl adjacent to an activating group) is 1. The van der Waals surface area contributed by atoms with Crippen molar-refractivity contribution in [3.8, 4) is 5.75 Å². The van der Waals surface area contributed by atoms with Gasteiger partial charge in [-0.25, -0.2) is 8.78 Å². The van der Waals surface area contributed by atoms with Crippen molar-refractivity contribution in [2.45, 2.75) is 26.2 Å². The molecule has 0 bridgehead atoms. The van der Waals surface area contributed by atoms with Crippen LogP contribution in [0.3, 0.4) is 0 Å². The van der Waals surface area contributed by atoms with Crippen molar-refractivity contribution in [1.82, 2.24) is 5.32 Å². The van der Waals surface area contributed by atoms with Crippen molar-refractivity contribution in [3.63, 3.8) is 0 Å². The van der Waals surface area contributed by atoms with Crippen molar-refractivity contribution in [1.29, 1.82) is 5.41 Å². The van der Waals surface area contributed by atoms with Crippen LogP contribution in [0, 0.1) is 5.41 Å². The molecule has 110 valence electrons. The van der Waals surface area contributed by atoms with Gasteiger partial charge in [-0.1, -0.05) is 0 Å². The molecular weight excluding hydrogens is 262 g/mol. The summed E-state index contributed by atoms with van der Waals surface area (Å²) in [5.41, 5.74) is 0.660. The lowest BCUT2D eigenvalue weighted by Gasteiger charge is -2.16. The largest absolute Gasteiger partial charge is 0.456 e. The molecule has 20 heavy (non-hydrogen) atoms. The first-order valence-electron chi connectivity index (χ1n) is 6.42. The van der Waals surface area contributed by atoms with E-state index in [-0.39, 0.29) is 5.56 Å². The third-order valence-corrected chi connectivity index (χ3v) is 2.87. The Balaban J connectivity index is 3.12. The van der Waals surface area contributed by atoms with Gasteiger partial charge in [0.05, 0.1) is 6.21 Å². The predicted molar refractivity (Wildman–Crippen MR) is 76.8 cm³/mol. The monoisotopic (exact) mass is 282 g/mol. The summed E-state index contributed by atoms with van der Waals surface area (Å²) < 4.78 is 32.3. The molecule has 0 spiro atoms. The zero-order valence-corrected chi connectivity index (χ0v) is 12.0. The standard InChI is InChI=1S/C15H20F2N2O/c1-4-13(10-18)20-14-6-5-12(15(2,16)17)9-11(14)7-8-19-3/h4-6,9-10,18-19H,7-8H2,1-3H3/b13-4+,18-10?. The Labute approximate surface area is 118 Å². The second-order valence-corrected chi connectivity index (χ2v) is 4.50. The van der Waals surface area contributed by atoms with Crippen LogP contribution < -0.4 is 10.1 Å². The van der Waals surface area contributed by atoms with Crippen LogP contribution in [0.25, 0.3) is 0 Å². The van der Waals surface area contributed by atoms with E-state index >= 15 is 0 Å². The van der Waals surface area contributed by atoms with Crippen LogP contribution in [0.1, 0.15) is 25.0 Å². The molecule has 0 radical (unpaired) electrons. The Morgan fingerprint density at radius 2 is 2.15 bits per heavy atom. The van der Waals surface area contributed by atoms with Crippen LogP contribution >= 0.6 is 0 Å². The van der Waals surface area contributed by atoms with Gasteiger partial charge in [-0.15, -0.1) is 0 Å². The first-order valence-corrected chi connectivity index (χ1v) is 6.42. The fourth-order valence-electron chi connectivity index (χ4n) is 1.71. The predicted octanol–water partition coefficient (Wildman–Crippen LogP) is 3.49. The van der Waals surface area contributed by atoms with Gasteiger partial charge in [0.15, 0.2) is 0 Å². The molecule has 1 aromatic rings. The fraction of sp³-hybridized carbons (Fsp3) is 0.400. The quantitative estimate of drug-likeness (QED) is 0.594. The van der Waals surface area contributed by atoms with Crippen molar-refractivity contribution < 1.29 is 13.5 Å². The molecule has 0 amide bonds. The summed E-state index contributed by atoms with van der Waals surface area (Å²) in [7, 11) is 1.80. The highest BCUT2D eigenvalue weighted by Crippen LogP contribution is 2.31. The number of halogens is 2. The summed E-state index contributed by atoms with van der Waals surface area (Å²) in [5, 5.41) is 10.2. The van der Waals surface area contributed by atoms with E-state index in [2.05, 4.69) is 5.32 Å². The Morgan fingerprint density at radius 1 is 1.45 bits per heavy atom. The molecule has 0 aliphatic rings. The summed E-state index contributed by atoms with van der Waals surface area (Å²) in [4.78, 5) is 0. The molecule has 0 aliphatic heterocycles. The van der Waals surface area contributed by atoms with E-state index in [1.807, 2.05) is 0 Å². The summed E-state index contributed by atoms with van der Waals surface area (Å²) in [6, 6.07) is 4.35. The minimum atomic E-state index is -2.88. The normalized spacial score (nSPS) is 12.3. The maximum Gasteiger partial charge on any atom is 0.270 e. The minimum Gasteiger partial charge on any atom is -0.456 e. The average molecular weight is 282 g/mol. The number of allylic oxidation sites excluding steroid dienone is 2. The summed E-state index contributed by atoms with van der Waals surface area (Å²) in [6.45, 7) is 3.28. The van der Waals surface area contributed by atoms with Gasteiger partial charge in [0.2, 0.25) is 0 Å². The van der Waals surface area contributed by atoms with Crippen molar-refractivity contribution in [2.75, 3.05) is 13.6 Å². The van der Waals surface area contributed by atoms with Crippen LogP contribution in [-0.4, -0.2) is 19.8 Å². The maximum atomic E-state index is 13.4. The molecule has 0 aromatic heterocycles. The van der Waals surface area contributed by atoms with Crippen LogP contribution in [0.5, 0.6) is 5.75 Å². The second kappa shape index (κ2) is 7.14. The van der Waals surface area contributed by atoms with Crippen molar-refractivity contribution in [2.24, 2.45) is 0 Å². The molecule has 5 heteroatoms. The summed E-state index contributed by atoms with van der Waals surface area (Å²) in [5.74, 6) is -1.99. The molecule has 0 unspecified atom stereocenters. The number of hydrogen-bond acceptors (Lipinski definition) is 3. The number of benzene rings is 1. The maximum absolute atomic E-state index is 13.4. The molecule has 0 fully saturated rings. The van der Waals surface area contributed by atoms with E-state index in [1.54, 1.807) is 20.0 Å². The van der Waals surface area contributed by atoms with Gasteiger partial charge in [-0.2, -0.15) is 0 Å². The third-order valence-electron chi connectivity index (χ3n) is 2.87. The molecular formula is C15H20F2N2O. The van der Waals surface area contributed by atoms with Gasteiger partial charge in [0, 0.05) is 12.5 Å². The highest BCUT2D eigenvalue weighted by Gasteiger charge is 2.25. The van der Waals surface area contributed by atoms with E-state index in [0.29, 0.717) is 30.0 Å². The Bertz CT molecular complexity index is 493. The first kappa shape index (κ1) is 16.3. The average Bonchev–Trinajstić information content (AvgIpc) is 2.42. The van der Waals surface area contributed by atoms with E-state index in [1.165, 1.54) is 18.2 Å². The number of hydrogen-bond donors (Lipinski definition) is 2. The Kier molecular flexibility index (Phi) is 5.82. The minimum absolute atomic E-state index is 0.0344. The molecule has 0 saturated heterocycles. The van der Waals surface area contributed by atoms with Crippen LogP contribution in [0.15, 0.2) is 30.0 Å². The van der Waals surface area contributed by atoms with Gasteiger partial charge >= 0.3 is 0 Å². The SMILES string of the molecule is C/C=C(\C=N)Oc1ccc(C(C)(F)F)cc1CCNC. The number of ether oxygens (including phenoxy) is 1. The molecule has 1 aromatic carbocycles. The molecule has 2 N–H and O–H groups in total. The third kappa shape index (κ3) is 4.42. The van der Waals surface area contributed by atoms with Gasteiger partial charge in [0.1, 0.15) is 11.5 Å².